The summed E-state index contributed by atoms with van der Waals surface area (Å²) in [5.41, 5.74) is 2.28. The maximum absolute atomic E-state index is 14.2. The largest absolute Gasteiger partial charge is 0.393 e. The Balaban J connectivity index is 1.65. The molecule has 35 heavy (non-hydrogen) atoms. The summed E-state index contributed by atoms with van der Waals surface area (Å²) in [6.07, 6.45) is 21.9. The van der Waals surface area contributed by atoms with Gasteiger partial charge in [-0.2, -0.15) is 0 Å². The third-order valence-electron chi connectivity index (χ3n) is 9.08. The molecule has 0 aromatic rings. The molecule has 0 aliphatic heterocycles. The second-order valence-corrected chi connectivity index (χ2v) is 13.7. The molecule has 5 heteroatoms. The van der Waals surface area contributed by atoms with Gasteiger partial charge in [0.15, 0.2) is 0 Å². The van der Waals surface area contributed by atoms with Crippen LogP contribution in [-0.4, -0.2) is 30.8 Å². The van der Waals surface area contributed by atoms with Gasteiger partial charge >= 0.3 is 0 Å². The Morgan fingerprint density at radius 3 is 1.46 bits per heavy atom. The van der Waals surface area contributed by atoms with Gasteiger partial charge in [0.25, 0.3) is 0 Å². The van der Waals surface area contributed by atoms with E-state index >= 15 is 0 Å². The minimum Gasteiger partial charge on any atom is -0.393 e. The maximum Gasteiger partial charge on any atom is 0.206 e. The molecule has 0 aromatic heterocycles. The van der Waals surface area contributed by atoms with Gasteiger partial charge in [-0.05, 0) is 100 Å². The summed E-state index contributed by atoms with van der Waals surface area (Å²) in [6.45, 7) is 4.14. The number of rotatable bonds is 12. The predicted octanol–water partition coefficient (Wildman–Crippen LogP) is 7.05. The molecule has 0 bridgehead atoms. The van der Waals surface area contributed by atoms with Crippen molar-refractivity contribution in [2.45, 2.75) is 129 Å². The molecule has 4 rings (SSSR count). The molecule has 4 nitrogen and oxygen atoms in total. The van der Waals surface area contributed by atoms with Crippen LogP contribution in [0.1, 0.15) is 117 Å². The van der Waals surface area contributed by atoms with Crippen LogP contribution in [0.4, 0.5) is 0 Å². The first kappa shape index (κ1) is 26.9. The number of allylic oxidation sites excluding steroid dienone is 6. The zero-order valence-corrected chi connectivity index (χ0v) is 22.7. The first-order valence-electron chi connectivity index (χ1n) is 14.2. The van der Waals surface area contributed by atoms with Crippen molar-refractivity contribution in [3.63, 3.8) is 0 Å². The van der Waals surface area contributed by atoms with Crippen molar-refractivity contribution in [2.24, 2.45) is 10.8 Å². The molecule has 2 spiro atoms. The van der Waals surface area contributed by atoms with Gasteiger partial charge in [0, 0.05) is 0 Å². The highest BCUT2D eigenvalue weighted by Crippen LogP contribution is 2.54. The SMILES string of the molecule is CCC[C@H](O)CCC1=C(S(=O)(=O)C2=C(CC[C@@H](O)CCC)CC3(C=C2)CCC3)C=CC2(CCC2)C1. The van der Waals surface area contributed by atoms with Gasteiger partial charge in [0.05, 0.1) is 22.0 Å². The normalized spacial score (nSPS) is 24.6. The minimum atomic E-state index is -3.65. The van der Waals surface area contributed by atoms with Gasteiger partial charge in [-0.3, -0.25) is 0 Å². The molecule has 2 saturated carbocycles. The summed E-state index contributed by atoms with van der Waals surface area (Å²) in [6, 6.07) is 0. The van der Waals surface area contributed by atoms with Crippen molar-refractivity contribution in [3.8, 4) is 0 Å². The van der Waals surface area contributed by atoms with Gasteiger partial charge in [-0.25, -0.2) is 8.42 Å². The van der Waals surface area contributed by atoms with Crippen LogP contribution in [0.15, 0.2) is 45.3 Å². The Kier molecular flexibility index (Phi) is 8.50. The van der Waals surface area contributed by atoms with Crippen molar-refractivity contribution in [3.05, 3.63) is 45.3 Å². The van der Waals surface area contributed by atoms with E-state index in [-0.39, 0.29) is 23.0 Å². The van der Waals surface area contributed by atoms with Crippen LogP contribution in [0.25, 0.3) is 0 Å². The fraction of sp³-hybridized carbons (Fsp3) is 0.733. The topological polar surface area (TPSA) is 74.6 Å². The Morgan fingerprint density at radius 1 is 0.743 bits per heavy atom. The van der Waals surface area contributed by atoms with Crippen molar-refractivity contribution < 1.29 is 18.6 Å². The molecule has 0 radical (unpaired) electrons. The zero-order chi connectivity index (χ0) is 25.1. The van der Waals surface area contributed by atoms with E-state index in [1.165, 1.54) is 12.8 Å². The summed E-state index contributed by atoms with van der Waals surface area (Å²) in [4.78, 5) is 0.962. The van der Waals surface area contributed by atoms with Crippen LogP contribution in [0, 0.1) is 10.8 Å². The molecule has 4 aliphatic carbocycles. The fourth-order valence-corrected chi connectivity index (χ4v) is 8.41. The van der Waals surface area contributed by atoms with Gasteiger partial charge in [0.2, 0.25) is 9.84 Å². The third-order valence-corrected chi connectivity index (χ3v) is 11.1. The van der Waals surface area contributed by atoms with Crippen LogP contribution < -0.4 is 0 Å². The molecule has 0 saturated heterocycles. The van der Waals surface area contributed by atoms with Crippen molar-refractivity contribution in [1.82, 2.24) is 0 Å². The number of hydrogen-bond acceptors (Lipinski definition) is 4. The van der Waals surface area contributed by atoms with Gasteiger partial charge in [-0.1, -0.05) is 62.8 Å². The maximum atomic E-state index is 14.2. The van der Waals surface area contributed by atoms with E-state index in [1.807, 2.05) is 12.2 Å². The molecule has 2 atom stereocenters. The molecular formula is C30H46O4S. The summed E-state index contributed by atoms with van der Waals surface area (Å²) in [7, 11) is -3.65. The number of sulfone groups is 1. The third kappa shape index (κ3) is 5.88. The summed E-state index contributed by atoms with van der Waals surface area (Å²) < 4.78 is 28.4. The molecule has 2 fully saturated rings. The molecule has 196 valence electrons. The highest BCUT2D eigenvalue weighted by Gasteiger charge is 2.42. The molecule has 0 amide bonds. The lowest BCUT2D eigenvalue weighted by Gasteiger charge is -2.44. The molecule has 4 aliphatic rings. The van der Waals surface area contributed by atoms with E-state index in [1.54, 1.807) is 0 Å². The van der Waals surface area contributed by atoms with E-state index in [2.05, 4.69) is 26.0 Å². The standard InChI is InChI=1S/C30H46O4S/c1-3-7-25(31)11-9-23-21-29(15-5-16-29)19-13-27(23)35(33,34)28-14-20-30(17-6-18-30)22-24(28)10-12-26(32)8-4-2/h13-14,19-20,25-26,31-32H,3-12,15-18,21-22H2,1-2H3/t25-,26-/m0/s1. The van der Waals surface area contributed by atoms with E-state index in [0.29, 0.717) is 35.5 Å². The van der Waals surface area contributed by atoms with Crippen molar-refractivity contribution in [2.75, 3.05) is 0 Å². The van der Waals surface area contributed by atoms with Crippen LogP contribution in [0.3, 0.4) is 0 Å². The Labute approximate surface area is 213 Å². The molecule has 0 unspecified atom stereocenters. The Hall–Kier alpha value is -1.17. The molecule has 0 aromatic carbocycles. The number of hydrogen-bond donors (Lipinski definition) is 2. The fourth-order valence-electron chi connectivity index (χ4n) is 6.57. The number of aliphatic hydroxyl groups excluding tert-OH is 2. The second-order valence-electron chi connectivity index (χ2n) is 11.9. The lowest BCUT2D eigenvalue weighted by Crippen LogP contribution is -2.32. The Morgan fingerprint density at radius 2 is 1.14 bits per heavy atom. The van der Waals surface area contributed by atoms with Gasteiger partial charge in [-0.15, -0.1) is 0 Å². The number of aliphatic hydroxyl groups is 2. The van der Waals surface area contributed by atoms with Crippen molar-refractivity contribution in [1.29, 1.82) is 0 Å². The van der Waals surface area contributed by atoms with Crippen LogP contribution in [0.5, 0.6) is 0 Å². The summed E-state index contributed by atoms with van der Waals surface area (Å²) in [5, 5.41) is 20.8. The predicted molar refractivity (Wildman–Crippen MR) is 143 cm³/mol. The van der Waals surface area contributed by atoms with Crippen LogP contribution in [-0.2, 0) is 9.84 Å². The second kappa shape index (κ2) is 11.1. The van der Waals surface area contributed by atoms with E-state index in [9.17, 15) is 18.6 Å². The quantitative estimate of drug-likeness (QED) is 0.300. The Bertz CT molecular complexity index is 915. The summed E-state index contributed by atoms with van der Waals surface area (Å²) in [5.74, 6) is 0. The van der Waals surface area contributed by atoms with Gasteiger partial charge in [0.1, 0.15) is 0 Å². The molecule has 0 heterocycles. The highest BCUT2D eigenvalue weighted by atomic mass is 32.2. The van der Waals surface area contributed by atoms with E-state index in [0.717, 1.165) is 75.4 Å². The lowest BCUT2D eigenvalue weighted by molar-refractivity contribution is 0.150. The summed E-state index contributed by atoms with van der Waals surface area (Å²) >= 11 is 0. The zero-order valence-electron chi connectivity index (χ0n) is 21.9. The monoisotopic (exact) mass is 502 g/mol. The average molecular weight is 503 g/mol. The van der Waals surface area contributed by atoms with Gasteiger partial charge < -0.3 is 10.2 Å². The molecular weight excluding hydrogens is 456 g/mol. The van der Waals surface area contributed by atoms with E-state index in [4.69, 9.17) is 0 Å². The van der Waals surface area contributed by atoms with Crippen LogP contribution in [0.2, 0.25) is 0 Å². The first-order chi connectivity index (χ1) is 16.7. The smallest absolute Gasteiger partial charge is 0.206 e. The average Bonchev–Trinajstić information content (AvgIpc) is 2.79. The van der Waals surface area contributed by atoms with Crippen LogP contribution >= 0.6 is 0 Å². The lowest BCUT2D eigenvalue weighted by atomic mass is 9.63. The van der Waals surface area contributed by atoms with E-state index < -0.39 is 9.84 Å². The molecule has 2 N–H and O–H groups in total. The minimum absolute atomic E-state index is 0.129. The first-order valence-corrected chi connectivity index (χ1v) is 15.6. The highest BCUT2D eigenvalue weighted by molar-refractivity contribution is 7.99. The van der Waals surface area contributed by atoms with Crippen molar-refractivity contribution >= 4 is 9.84 Å².